The zero-order valence-corrected chi connectivity index (χ0v) is 12.0. The SMILES string of the molecule is Cc1ccccc1CCC(=O)N1CCC(C(=O)O)C1C. The Morgan fingerprint density at radius 1 is 1.35 bits per heavy atom. The number of carboxylic acid groups (broad SMARTS) is 1. The van der Waals surface area contributed by atoms with Crippen LogP contribution in [0.3, 0.4) is 0 Å². The zero-order chi connectivity index (χ0) is 14.7. The second kappa shape index (κ2) is 6.07. The highest BCUT2D eigenvalue weighted by Crippen LogP contribution is 2.25. The van der Waals surface area contributed by atoms with Crippen molar-refractivity contribution in [3.8, 4) is 0 Å². The molecule has 1 N–H and O–H groups in total. The number of carbonyl (C=O) groups is 2. The number of carboxylic acids is 1. The maximum Gasteiger partial charge on any atom is 0.308 e. The van der Waals surface area contributed by atoms with E-state index in [0.29, 0.717) is 25.8 Å². The molecule has 2 rings (SSSR count). The Labute approximate surface area is 119 Å². The molecule has 0 radical (unpaired) electrons. The lowest BCUT2D eigenvalue weighted by molar-refractivity contribution is -0.143. The summed E-state index contributed by atoms with van der Waals surface area (Å²) < 4.78 is 0. The van der Waals surface area contributed by atoms with Crippen molar-refractivity contribution in [1.82, 2.24) is 4.90 Å². The number of aryl methyl sites for hydroxylation is 2. The van der Waals surface area contributed by atoms with E-state index in [-0.39, 0.29) is 11.9 Å². The lowest BCUT2D eigenvalue weighted by Crippen LogP contribution is -2.37. The third-order valence-electron chi connectivity index (χ3n) is 4.26. The normalized spacial score (nSPS) is 22.0. The van der Waals surface area contributed by atoms with Crippen molar-refractivity contribution in [1.29, 1.82) is 0 Å². The summed E-state index contributed by atoms with van der Waals surface area (Å²) in [6.45, 7) is 4.43. The van der Waals surface area contributed by atoms with E-state index >= 15 is 0 Å². The van der Waals surface area contributed by atoms with Crippen LogP contribution in [0.15, 0.2) is 24.3 Å². The van der Waals surface area contributed by atoms with Gasteiger partial charge in [0.2, 0.25) is 5.91 Å². The molecule has 1 aliphatic heterocycles. The van der Waals surface area contributed by atoms with Gasteiger partial charge in [-0.15, -0.1) is 0 Å². The van der Waals surface area contributed by atoms with Gasteiger partial charge in [-0.2, -0.15) is 0 Å². The fraction of sp³-hybridized carbons (Fsp3) is 0.500. The lowest BCUT2D eigenvalue weighted by atomic mass is 10.0. The number of likely N-dealkylation sites (tertiary alicyclic amines) is 1. The van der Waals surface area contributed by atoms with Crippen molar-refractivity contribution in [3.63, 3.8) is 0 Å². The van der Waals surface area contributed by atoms with E-state index in [9.17, 15) is 9.59 Å². The van der Waals surface area contributed by atoms with E-state index in [0.717, 1.165) is 0 Å². The molecule has 0 aromatic heterocycles. The van der Waals surface area contributed by atoms with Gasteiger partial charge in [-0.1, -0.05) is 24.3 Å². The molecule has 0 bridgehead atoms. The average molecular weight is 275 g/mol. The molecule has 0 spiro atoms. The summed E-state index contributed by atoms with van der Waals surface area (Å²) in [7, 11) is 0. The van der Waals surface area contributed by atoms with E-state index < -0.39 is 11.9 Å². The van der Waals surface area contributed by atoms with E-state index in [1.54, 1.807) is 4.90 Å². The molecule has 0 saturated carbocycles. The molecule has 2 unspecified atom stereocenters. The highest BCUT2D eigenvalue weighted by Gasteiger charge is 2.37. The summed E-state index contributed by atoms with van der Waals surface area (Å²) in [6, 6.07) is 7.85. The summed E-state index contributed by atoms with van der Waals surface area (Å²) in [5.74, 6) is -1.16. The topological polar surface area (TPSA) is 57.6 Å². The Morgan fingerprint density at radius 2 is 2.05 bits per heavy atom. The molecule has 1 fully saturated rings. The smallest absolute Gasteiger partial charge is 0.308 e. The summed E-state index contributed by atoms with van der Waals surface area (Å²) >= 11 is 0. The summed E-state index contributed by atoms with van der Waals surface area (Å²) in [4.78, 5) is 25.0. The second-order valence-electron chi connectivity index (χ2n) is 5.49. The molecule has 2 atom stereocenters. The largest absolute Gasteiger partial charge is 0.481 e. The van der Waals surface area contributed by atoms with Crippen LogP contribution in [0.4, 0.5) is 0 Å². The summed E-state index contributed by atoms with van der Waals surface area (Å²) in [5, 5.41) is 9.09. The van der Waals surface area contributed by atoms with Crippen LogP contribution in [0.5, 0.6) is 0 Å². The highest BCUT2D eigenvalue weighted by atomic mass is 16.4. The molecule has 20 heavy (non-hydrogen) atoms. The molecule has 1 aromatic rings. The maximum absolute atomic E-state index is 12.2. The first-order valence-corrected chi connectivity index (χ1v) is 7.07. The van der Waals surface area contributed by atoms with Gasteiger partial charge in [0.15, 0.2) is 0 Å². The average Bonchev–Trinajstić information content (AvgIpc) is 2.79. The van der Waals surface area contributed by atoms with Crippen LogP contribution >= 0.6 is 0 Å². The molecular weight excluding hydrogens is 254 g/mol. The molecule has 4 heteroatoms. The Hall–Kier alpha value is -1.84. The number of aliphatic carboxylic acids is 1. The quantitative estimate of drug-likeness (QED) is 0.917. The molecule has 108 valence electrons. The summed E-state index contributed by atoms with van der Waals surface area (Å²) in [5.41, 5.74) is 2.38. The van der Waals surface area contributed by atoms with Crippen molar-refractivity contribution in [2.45, 2.75) is 39.2 Å². The van der Waals surface area contributed by atoms with Gasteiger partial charge in [0.25, 0.3) is 0 Å². The van der Waals surface area contributed by atoms with Crippen LogP contribution in [-0.2, 0) is 16.0 Å². The van der Waals surface area contributed by atoms with E-state index in [2.05, 4.69) is 0 Å². The molecule has 4 nitrogen and oxygen atoms in total. The van der Waals surface area contributed by atoms with Gasteiger partial charge < -0.3 is 10.0 Å². The van der Waals surface area contributed by atoms with E-state index in [1.165, 1.54) is 11.1 Å². The number of benzene rings is 1. The highest BCUT2D eigenvalue weighted by molar-refractivity contribution is 5.79. The zero-order valence-electron chi connectivity index (χ0n) is 12.0. The predicted molar refractivity (Wildman–Crippen MR) is 76.4 cm³/mol. The number of rotatable bonds is 4. The number of hydrogen-bond donors (Lipinski definition) is 1. The molecule has 1 aromatic carbocycles. The minimum atomic E-state index is -0.799. The minimum Gasteiger partial charge on any atom is -0.481 e. The third-order valence-corrected chi connectivity index (χ3v) is 4.26. The van der Waals surface area contributed by atoms with Crippen LogP contribution in [-0.4, -0.2) is 34.5 Å². The third kappa shape index (κ3) is 3.00. The molecule has 1 heterocycles. The van der Waals surface area contributed by atoms with Crippen LogP contribution in [0.25, 0.3) is 0 Å². The Balaban J connectivity index is 1.93. The van der Waals surface area contributed by atoms with Gasteiger partial charge in [-0.3, -0.25) is 9.59 Å². The van der Waals surface area contributed by atoms with Gasteiger partial charge >= 0.3 is 5.97 Å². The molecule has 1 aliphatic rings. The van der Waals surface area contributed by atoms with Gasteiger partial charge in [-0.25, -0.2) is 0 Å². The standard InChI is InChI=1S/C16H21NO3/c1-11-5-3-4-6-13(11)7-8-15(18)17-10-9-14(12(17)2)16(19)20/h3-6,12,14H,7-10H2,1-2H3,(H,19,20). The summed E-state index contributed by atoms with van der Waals surface area (Å²) in [6.07, 6.45) is 1.72. The Kier molecular flexibility index (Phi) is 4.42. The molecule has 1 saturated heterocycles. The molecular formula is C16H21NO3. The van der Waals surface area contributed by atoms with Crippen molar-refractivity contribution >= 4 is 11.9 Å². The Morgan fingerprint density at radius 3 is 2.65 bits per heavy atom. The first-order chi connectivity index (χ1) is 9.50. The maximum atomic E-state index is 12.2. The van der Waals surface area contributed by atoms with Crippen molar-refractivity contribution in [3.05, 3.63) is 35.4 Å². The van der Waals surface area contributed by atoms with Crippen molar-refractivity contribution in [2.75, 3.05) is 6.54 Å². The number of carbonyl (C=O) groups excluding carboxylic acids is 1. The first-order valence-electron chi connectivity index (χ1n) is 7.07. The number of amides is 1. The van der Waals surface area contributed by atoms with Crippen LogP contribution < -0.4 is 0 Å². The van der Waals surface area contributed by atoms with Gasteiger partial charge in [-0.05, 0) is 37.8 Å². The predicted octanol–water partition coefficient (Wildman–Crippen LogP) is 2.25. The monoisotopic (exact) mass is 275 g/mol. The van der Waals surface area contributed by atoms with E-state index in [4.69, 9.17) is 5.11 Å². The number of hydrogen-bond acceptors (Lipinski definition) is 2. The lowest BCUT2D eigenvalue weighted by Gasteiger charge is -2.23. The fourth-order valence-corrected chi connectivity index (χ4v) is 2.90. The van der Waals surface area contributed by atoms with Gasteiger partial charge in [0.05, 0.1) is 5.92 Å². The fourth-order valence-electron chi connectivity index (χ4n) is 2.90. The minimum absolute atomic E-state index is 0.0597. The Bertz CT molecular complexity index is 512. The van der Waals surface area contributed by atoms with Gasteiger partial charge in [0.1, 0.15) is 0 Å². The molecule has 1 amide bonds. The second-order valence-corrected chi connectivity index (χ2v) is 5.49. The van der Waals surface area contributed by atoms with Crippen LogP contribution in [0.1, 0.15) is 30.9 Å². The first kappa shape index (κ1) is 14.6. The van der Waals surface area contributed by atoms with E-state index in [1.807, 2.05) is 38.1 Å². The van der Waals surface area contributed by atoms with Crippen LogP contribution in [0, 0.1) is 12.8 Å². The van der Waals surface area contributed by atoms with Crippen molar-refractivity contribution in [2.24, 2.45) is 5.92 Å². The van der Waals surface area contributed by atoms with Crippen molar-refractivity contribution < 1.29 is 14.7 Å². The van der Waals surface area contributed by atoms with Crippen LogP contribution in [0.2, 0.25) is 0 Å². The molecule has 0 aliphatic carbocycles. The van der Waals surface area contributed by atoms with Gasteiger partial charge in [0, 0.05) is 19.0 Å². The number of nitrogens with zero attached hydrogens (tertiary/aromatic N) is 1.